The molecular weight excluding hydrogens is 342 g/mol. The molecule has 104 valence electrons. The molecule has 10 heteroatoms. The van der Waals surface area contributed by atoms with Gasteiger partial charge in [0.15, 0.2) is 4.90 Å². The van der Waals surface area contributed by atoms with Gasteiger partial charge in [0.25, 0.3) is 5.69 Å². The summed E-state index contributed by atoms with van der Waals surface area (Å²) in [6.07, 6.45) is 0. The lowest BCUT2D eigenvalue weighted by Gasteiger charge is -2.11. The van der Waals surface area contributed by atoms with Gasteiger partial charge in [0.1, 0.15) is 0 Å². The Morgan fingerprint density at radius 1 is 1.53 bits per heavy atom. The quantitative estimate of drug-likeness (QED) is 0.588. The minimum atomic E-state index is -4.23. The van der Waals surface area contributed by atoms with E-state index in [4.69, 9.17) is 5.73 Å². The Kier molecular flexibility index (Phi) is 4.61. The molecule has 0 aromatic heterocycles. The standard InChI is InChI=1S/C9H10BrN3O5S/c1-5(9(11)14)12-19(17,18)8-4-6(10)2-3-7(8)13(15)16/h2-5,12H,1H3,(H2,11,14). The molecule has 0 bridgehead atoms. The average molecular weight is 352 g/mol. The third kappa shape index (κ3) is 3.72. The third-order valence-electron chi connectivity index (χ3n) is 2.17. The first kappa shape index (κ1) is 15.5. The molecule has 8 nitrogen and oxygen atoms in total. The molecule has 1 rings (SSSR count). The van der Waals surface area contributed by atoms with Gasteiger partial charge in [-0.1, -0.05) is 15.9 Å². The van der Waals surface area contributed by atoms with Crippen LogP contribution in [0, 0.1) is 10.1 Å². The molecular formula is C9H10BrN3O5S. The lowest BCUT2D eigenvalue weighted by atomic mass is 10.3. The largest absolute Gasteiger partial charge is 0.368 e. The van der Waals surface area contributed by atoms with Crippen molar-refractivity contribution < 1.29 is 18.1 Å². The summed E-state index contributed by atoms with van der Waals surface area (Å²) < 4.78 is 26.3. The molecule has 0 saturated carbocycles. The summed E-state index contributed by atoms with van der Waals surface area (Å²) in [5.41, 5.74) is 4.35. The van der Waals surface area contributed by atoms with Crippen molar-refractivity contribution in [2.24, 2.45) is 5.73 Å². The van der Waals surface area contributed by atoms with Crippen LogP contribution in [0.1, 0.15) is 6.92 Å². The van der Waals surface area contributed by atoms with Gasteiger partial charge in [-0.3, -0.25) is 14.9 Å². The zero-order chi connectivity index (χ0) is 14.8. The molecule has 1 aromatic rings. The molecule has 3 N–H and O–H groups in total. The molecule has 1 aromatic carbocycles. The molecule has 1 unspecified atom stereocenters. The van der Waals surface area contributed by atoms with Crippen LogP contribution in [0.2, 0.25) is 0 Å². The molecule has 1 amide bonds. The van der Waals surface area contributed by atoms with Gasteiger partial charge in [0.2, 0.25) is 15.9 Å². The number of rotatable bonds is 5. The fourth-order valence-corrected chi connectivity index (χ4v) is 3.13. The minimum absolute atomic E-state index is 0.352. The van der Waals surface area contributed by atoms with Crippen LogP contribution in [0.4, 0.5) is 5.69 Å². The number of carbonyl (C=O) groups is 1. The summed E-state index contributed by atoms with van der Waals surface area (Å²) in [7, 11) is -4.23. The van der Waals surface area contributed by atoms with E-state index in [-0.39, 0.29) is 0 Å². The maximum atomic E-state index is 12.0. The smallest absolute Gasteiger partial charge is 0.289 e. The van der Waals surface area contributed by atoms with E-state index in [9.17, 15) is 23.3 Å². The van der Waals surface area contributed by atoms with Crippen molar-refractivity contribution in [1.29, 1.82) is 0 Å². The summed E-state index contributed by atoms with van der Waals surface area (Å²) in [4.78, 5) is 20.3. The molecule has 0 aliphatic rings. The highest BCUT2D eigenvalue weighted by Gasteiger charge is 2.28. The van der Waals surface area contributed by atoms with Gasteiger partial charge in [0, 0.05) is 10.5 Å². The van der Waals surface area contributed by atoms with Crippen LogP contribution in [0.5, 0.6) is 0 Å². The second-order valence-corrected chi connectivity index (χ2v) is 6.21. The second kappa shape index (κ2) is 5.63. The van der Waals surface area contributed by atoms with E-state index in [1.807, 2.05) is 4.72 Å². The van der Waals surface area contributed by atoms with Crippen molar-refractivity contribution in [3.63, 3.8) is 0 Å². The minimum Gasteiger partial charge on any atom is -0.368 e. The zero-order valence-electron chi connectivity index (χ0n) is 9.66. The number of hydrogen-bond donors (Lipinski definition) is 2. The van der Waals surface area contributed by atoms with Gasteiger partial charge < -0.3 is 5.73 Å². The van der Waals surface area contributed by atoms with Crippen molar-refractivity contribution in [3.8, 4) is 0 Å². The van der Waals surface area contributed by atoms with Crippen molar-refractivity contribution in [2.45, 2.75) is 17.9 Å². The SMILES string of the molecule is CC(NS(=O)(=O)c1cc(Br)ccc1[N+](=O)[O-])C(N)=O. The van der Waals surface area contributed by atoms with Crippen LogP contribution in [-0.2, 0) is 14.8 Å². The Morgan fingerprint density at radius 3 is 2.58 bits per heavy atom. The maximum Gasteiger partial charge on any atom is 0.289 e. The van der Waals surface area contributed by atoms with Crippen molar-refractivity contribution in [3.05, 3.63) is 32.8 Å². The Bertz CT molecular complexity index is 631. The second-order valence-electron chi connectivity index (χ2n) is 3.61. The summed E-state index contributed by atoms with van der Waals surface area (Å²) in [5, 5.41) is 10.8. The number of nitrogens with zero attached hydrogens (tertiary/aromatic N) is 1. The molecule has 0 fully saturated rings. The van der Waals surface area contributed by atoms with Crippen LogP contribution in [-0.4, -0.2) is 25.3 Å². The van der Waals surface area contributed by atoms with Crippen molar-refractivity contribution in [2.75, 3.05) is 0 Å². The molecule has 0 aliphatic carbocycles. The third-order valence-corrected chi connectivity index (χ3v) is 4.23. The number of sulfonamides is 1. The molecule has 0 radical (unpaired) electrons. The molecule has 0 heterocycles. The first-order chi connectivity index (χ1) is 8.65. The van der Waals surface area contributed by atoms with Crippen LogP contribution in [0.3, 0.4) is 0 Å². The fourth-order valence-electron chi connectivity index (χ4n) is 1.21. The number of nitrogens with two attached hydrogens (primary N) is 1. The Balaban J connectivity index is 3.31. The number of nitro benzene ring substituents is 1. The lowest BCUT2D eigenvalue weighted by molar-refractivity contribution is -0.387. The van der Waals surface area contributed by atoms with E-state index in [1.165, 1.54) is 13.0 Å². The maximum absolute atomic E-state index is 12.0. The predicted molar refractivity (Wildman–Crippen MR) is 69.8 cm³/mol. The fraction of sp³-hybridized carbons (Fsp3) is 0.222. The van der Waals surface area contributed by atoms with Gasteiger partial charge in [-0.15, -0.1) is 0 Å². The first-order valence-electron chi connectivity index (χ1n) is 4.90. The molecule has 0 aliphatic heterocycles. The lowest BCUT2D eigenvalue weighted by Crippen LogP contribution is -2.42. The molecule has 19 heavy (non-hydrogen) atoms. The summed E-state index contributed by atoms with van der Waals surface area (Å²) in [6.45, 7) is 1.24. The van der Waals surface area contributed by atoms with Crippen LogP contribution in [0.15, 0.2) is 27.6 Å². The average Bonchev–Trinajstić information content (AvgIpc) is 2.27. The summed E-state index contributed by atoms with van der Waals surface area (Å²) in [6, 6.07) is 2.29. The van der Waals surface area contributed by atoms with Crippen LogP contribution in [0.25, 0.3) is 0 Å². The Hall–Kier alpha value is -1.52. The topological polar surface area (TPSA) is 132 Å². The van der Waals surface area contributed by atoms with Crippen LogP contribution >= 0.6 is 15.9 Å². The van der Waals surface area contributed by atoms with E-state index >= 15 is 0 Å². The zero-order valence-corrected chi connectivity index (χ0v) is 12.1. The highest BCUT2D eigenvalue weighted by Crippen LogP contribution is 2.27. The normalized spacial score (nSPS) is 12.9. The number of halogens is 1. The van der Waals surface area contributed by atoms with E-state index < -0.39 is 37.5 Å². The highest BCUT2D eigenvalue weighted by atomic mass is 79.9. The van der Waals surface area contributed by atoms with E-state index in [1.54, 1.807) is 0 Å². The summed E-state index contributed by atoms with van der Waals surface area (Å²) >= 11 is 3.03. The Labute approximate surface area is 117 Å². The van der Waals surface area contributed by atoms with E-state index in [0.717, 1.165) is 12.1 Å². The number of benzene rings is 1. The number of primary amides is 1. The molecule has 1 atom stereocenters. The Morgan fingerprint density at radius 2 is 2.11 bits per heavy atom. The van der Waals surface area contributed by atoms with Gasteiger partial charge in [-0.05, 0) is 19.1 Å². The van der Waals surface area contributed by atoms with Crippen LogP contribution < -0.4 is 10.5 Å². The number of carbonyl (C=O) groups excluding carboxylic acids is 1. The first-order valence-corrected chi connectivity index (χ1v) is 7.18. The van der Waals surface area contributed by atoms with Crippen molar-refractivity contribution >= 4 is 37.5 Å². The van der Waals surface area contributed by atoms with Gasteiger partial charge in [-0.25, -0.2) is 8.42 Å². The van der Waals surface area contributed by atoms with E-state index in [2.05, 4.69) is 15.9 Å². The van der Waals surface area contributed by atoms with E-state index in [0.29, 0.717) is 4.47 Å². The van der Waals surface area contributed by atoms with Gasteiger partial charge in [0.05, 0.1) is 11.0 Å². The summed E-state index contributed by atoms with van der Waals surface area (Å²) in [5.74, 6) is -0.888. The number of nitrogens with one attached hydrogen (secondary N) is 1. The molecule has 0 spiro atoms. The van der Waals surface area contributed by atoms with Gasteiger partial charge >= 0.3 is 0 Å². The monoisotopic (exact) mass is 351 g/mol. The number of hydrogen-bond acceptors (Lipinski definition) is 5. The molecule has 0 saturated heterocycles. The van der Waals surface area contributed by atoms with Gasteiger partial charge in [-0.2, -0.15) is 4.72 Å². The number of amides is 1. The predicted octanol–water partition coefficient (Wildman–Crippen LogP) is 0.509. The highest BCUT2D eigenvalue weighted by molar-refractivity contribution is 9.10. The van der Waals surface area contributed by atoms with Crippen molar-refractivity contribution in [1.82, 2.24) is 4.72 Å². The number of nitro groups is 1.